The molecule has 12 heavy (non-hydrogen) atoms. The van der Waals surface area contributed by atoms with Crippen LogP contribution in [0.15, 0.2) is 12.1 Å². The average molecular weight is 166 g/mol. The molecule has 1 heterocycles. The van der Waals surface area contributed by atoms with Crippen molar-refractivity contribution in [2.24, 2.45) is 5.73 Å². The summed E-state index contributed by atoms with van der Waals surface area (Å²) in [6.07, 6.45) is 0. The second kappa shape index (κ2) is 4.07. The maximum Gasteiger partial charge on any atom is 0.218 e. The highest BCUT2D eigenvalue weighted by Crippen LogP contribution is 2.14. The molecule has 0 amide bonds. The zero-order valence-electron chi connectivity index (χ0n) is 7.50. The predicted molar refractivity (Wildman–Crippen MR) is 48.0 cm³/mol. The van der Waals surface area contributed by atoms with Crippen molar-refractivity contribution in [2.75, 3.05) is 6.61 Å². The number of aromatic nitrogens is 1. The molecule has 1 aromatic rings. The van der Waals surface area contributed by atoms with Crippen LogP contribution >= 0.6 is 0 Å². The minimum atomic E-state index is 0.475. The number of rotatable bonds is 3. The minimum Gasteiger partial charge on any atom is -0.478 e. The second-order valence-corrected chi connectivity index (χ2v) is 2.55. The van der Waals surface area contributed by atoms with E-state index in [-0.39, 0.29) is 0 Å². The fourth-order valence-electron chi connectivity index (χ4n) is 0.979. The Morgan fingerprint density at radius 3 is 2.83 bits per heavy atom. The molecule has 66 valence electrons. The predicted octanol–water partition coefficient (Wildman–Crippen LogP) is 1.25. The van der Waals surface area contributed by atoms with E-state index in [1.54, 1.807) is 0 Å². The van der Waals surface area contributed by atoms with Crippen molar-refractivity contribution in [3.63, 3.8) is 0 Å². The number of hydrogen-bond acceptors (Lipinski definition) is 3. The molecule has 2 N–H and O–H groups in total. The Kier molecular flexibility index (Phi) is 3.05. The lowest BCUT2D eigenvalue weighted by Gasteiger charge is -2.07. The van der Waals surface area contributed by atoms with E-state index in [1.165, 1.54) is 0 Å². The van der Waals surface area contributed by atoms with Gasteiger partial charge < -0.3 is 10.5 Å². The summed E-state index contributed by atoms with van der Waals surface area (Å²) in [5.74, 6) is 0.667. The number of pyridine rings is 1. The Balaban J connectivity index is 2.95. The van der Waals surface area contributed by atoms with Gasteiger partial charge in [-0.25, -0.2) is 4.98 Å². The van der Waals surface area contributed by atoms with Gasteiger partial charge in [-0.3, -0.25) is 0 Å². The molecule has 0 fully saturated rings. The van der Waals surface area contributed by atoms with Gasteiger partial charge >= 0.3 is 0 Å². The summed E-state index contributed by atoms with van der Waals surface area (Å²) in [6, 6.07) is 3.89. The van der Waals surface area contributed by atoms with Crippen LogP contribution in [0.4, 0.5) is 0 Å². The van der Waals surface area contributed by atoms with Crippen LogP contribution < -0.4 is 10.5 Å². The molecule has 0 bridgehead atoms. The van der Waals surface area contributed by atoms with Crippen LogP contribution in [0.2, 0.25) is 0 Å². The SMILES string of the molecule is CCOc1nc(C)ccc1CN. The highest BCUT2D eigenvalue weighted by atomic mass is 16.5. The molecule has 0 aliphatic rings. The molecule has 0 saturated heterocycles. The third-order valence-corrected chi connectivity index (χ3v) is 1.58. The lowest BCUT2D eigenvalue weighted by atomic mass is 10.2. The van der Waals surface area contributed by atoms with Crippen LogP contribution in [-0.4, -0.2) is 11.6 Å². The summed E-state index contributed by atoms with van der Waals surface area (Å²) in [5.41, 5.74) is 7.43. The van der Waals surface area contributed by atoms with E-state index in [4.69, 9.17) is 10.5 Å². The zero-order valence-corrected chi connectivity index (χ0v) is 7.50. The largest absolute Gasteiger partial charge is 0.478 e. The van der Waals surface area contributed by atoms with Gasteiger partial charge in [0.1, 0.15) is 0 Å². The zero-order chi connectivity index (χ0) is 8.97. The topological polar surface area (TPSA) is 48.1 Å². The Labute approximate surface area is 72.6 Å². The van der Waals surface area contributed by atoms with Crippen LogP contribution in [0, 0.1) is 6.92 Å². The fourth-order valence-corrected chi connectivity index (χ4v) is 0.979. The van der Waals surface area contributed by atoms with Crippen molar-refractivity contribution in [3.8, 4) is 5.88 Å². The Bertz CT molecular complexity index is 261. The van der Waals surface area contributed by atoms with Gasteiger partial charge in [-0.15, -0.1) is 0 Å². The summed E-state index contributed by atoms with van der Waals surface area (Å²) in [4.78, 5) is 4.23. The monoisotopic (exact) mass is 166 g/mol. The summed E-state index contributed by atoms with van der Waals surface area (Å²) < 4.78 is 5.32. The molecule has 1 aromatic heterocycles. The fraction of sp³-hybridized carbons (Fsp3) is 0.444. The van der Waals surface area contributed by atoms with Gasteiger partial charge in [0.15, 0.2) is 0 Å². The van der Waals surface area contributed by atoms with E-state index >= 15 is 0 Å². The standard InChI is InChI=1S/C9H14N2O/c1-3-12-9-8(6-10)5-4-7(2)11-9/h4-5H,3,6,10H2,1-2H3. The van der Waals surface area contributed by atoms with Gasteiger partial charge in [-0.05, 0) is 19.9 Å². The highest BCUT2D eigenvalue weighted by Gasteiger charge is 2.02. The molecule has 0 atom stereocenters. The number of aryl methyl sites for hydroxylation is 1. The Morgan fingerprint density at radius 2 is 2.25 bits per heavy atom. The van der Waals surface area contributed by atoms with Crippen molar-refractivity contribution in [3.05, 3.63) is 23.4 Å². The quantitative estimate of drug-likeness (QED) is 0.735. The van der Waals surface area contributed by atoms with Crippen molar-refractivity contribution in [1.82, 2.24) is 4.98 Å². The van der Waals surface area contributed by atoms with E-state index in [0.29, 0.717) is 19.0 Å². The summed E-state index contributed by atoms with van der Waals surface area (Å²) in [5, 5.41) is 0. The highest BCUT2D eigenvalue weighted by molar-refractivity contribution is 5.27. The molecule has 0 aliphatic heterocycles. The van der Waals surface area contributed by atoms with Gasteiger partial charge in [0.05, 0.1) is 6.61 Å². The van der Waals surface area contributed by atoms with Crippen LogP contribution in [-0.2, 0) is 6.54 Å². The normalized spacial score (nSPS) is 9.92. The molecule has 0 aromatic carbocycles. The van der Waals surface area contributed by atoms with Crippen LogP contribution in [0.25, 0.3) is 0 Å². The molecule has 3 heteroatoms. The lowest BCUT2D eigenvalue weighted by molar-refractivity contribution is 0.322. The van der Waals surface area contributed by atoms with E-state index in [9.17, 15) is 0 Å². The first kappa shape index (κ1) is 9.00. The molecule has 0 unspecified atom stereocenters. The third-order valence-electron chi connectivity index (χ3n) is 1.58. The summed E-state index contributed by atoms with van der Waals surface area (Å²) in [6.45, 7) is 4.97. The number of ether oxygens (including phenoxy) is 1. The molecule has 0 saturated carbocycles. The number of nitrogens with zero attached hydrogens (tertiary/aromatic N) is 1. The van der Waals surface area contributed by atoms with Gasteiger partial charge in [0, 0.05) is 17.8 Å². The summed E-state index contributed by atoms with van der Waals surface area (Å²) in [7, 11) is 0. The smallest absolute Gasteiger partial charge is 0.218 e. The lowest BCUT2D eigenvalue weighted by Crippen LogP contribution is -2.04. The first-order chi connectivity index (χ1) is 5.77. The molecule has 3 nitrogen and oxygen atoms in total. The van der Waals surface area contributed by atoms with Crippen molar-refractivity contribution in [2.45, 2.75) is 20.4 Å². The molecular formula is C9H14N2O. The third kappa shape index (κ3) is 1.95. The van der Waals surface area contributed by atoms with Crippen LogP contribution in [0.5, 0.6) is 5.88 Å². The first-order valence-electron chi connectivity index (χ1n) is 4.07. The van der Waals surface area contributed by atoms with E-state index in [2.05, 4.69) is 4.98 Å². The van der Waals surface area contributed by atoms with Crippen molar-refractivity contribution < 1.29 is 4.74 Å². The maximum absolute atomic E-state index is 5.51. The van der Waals surface area contributed by atoms with Gasteiger partial charge in [0.2, 0.25) is 5.88 Å². The van der Waals surface area contributed by atoms with Crippen molar-refractivity contribution in [1.29, 1.82) is 0 Å². The van der Waals surface area contributed by atoms with E-state index in [1.807, 2.05) is 26.0 Å². The van der Waals surface area contributed by atoms with Crippen LogP contribution in [0.1, 0.15) is 18.2 Å². The van der Waals surface area contributed by atoms with Gasteiger partial charge in [-0.1, -0.05) is 6.07 Å². The average Bonchev–Trinajstić information content (AvgIpc) is 2.05. The molecule has 0 spiro atoms. The van der Waals surface area contributed by atoms with Gasteiger partial charge in [-0.2, -0.15) is 0 Å². The summed E-state index contributed by atoms with van der Waals surface area (Å²) >= 11 is 0. The minimum absolute atomic E-state index is 0.475. The van der Waals surface area contributed by atoms with Crippen molar-refractivity contribution >= 4 is 0 Å². The maximum atomic E-state index is 5.51. The van der Waals surface area contributed by atoms with E-state index in [0.717, 1.165) is 11.3 Å². The van der Waals surface area contributed by atoms with E-state index < -0.39 is 0 Å². The Morgan fingerprint density at radius 1 is 1.50 bits per heavy atom. The van der Waals surface area contributed by atoms with Crippen LogP contribution in [0.3, 0.4) is 0 Å². The molecule has 1 rings (SSSR count). The first-order valence-corrected chi connectivity index (χ1v) is 4.07. The molecular weight excluding hydrogens is 152 g/mol. The van der Waals surface area contributed by atoms with Gasteiger partial charge in [0.25, 0.3) is 0 Å². The number of hydrogen-bond donors (Lipinski definition) is 1. The molecule has 0 aliphatic carbocycles. The Hall–Kier alpha value is -1.09. The number of nitrogens with two attached hydrogens (primary N) is 1. The second-order valence-electron chi connectivity index (χ2n) is 2.55. The molecule has 0 radical (unpaired) electrons.